The fraction of sp³-hybridized carbons (Fsp3) is 0.286. The van der Waals surface area contributed by atoms with Crippen LogP contribution < -0.4 is 5.73 Å². The van der Waals surface area contributed by atoms with Crippen LogP contribution in [0.1, 0.15) is 24.0 Å². The second kappa shape index (κ2) is 8.52. The lowest BCUT2D eigenvalue weighted by Crippen LogP contribution is -2.26. The van der Waals surface area contributed by atoms with E-state index in [0.29, 0.717) is 5.56 Å². The van der Waals surface area contributed by atoms with Gasteiger partial charge < -0.3 is 19.9 Å². The number of fused-ring (bicyclic) bond motifs is 1. The number of hydrogen-bond donors (Lipinski definition) is 1. The van der Waals surface area contributed by atoms with E-state index in [0.717, 1.165) is 16.5 Å². The van der Waals surface area contributed by atoms with Crippen LogP contribution in [-0.2, 0) is 19.0 Å². The van der Waals surface area contributed by atoms with Crippen LogP contribution >= 0.6 is 11.6 Å². The Morgan fingerprint density at radius 2 is 2.14 bits per heavy atom. The first-order valence-corrected chi connectivity index (χ1v) is 9.27. The maximum atomic E-state index is 12.8. The van der Waals surface area contributed by atoms with Gasteiger partial charge in [0, 0.05) is 18.1 Å². The van der Waals surface area contributed by atoms with Crippen LogP contribution in [0.3, 0.4) is 0 Å². The number of pyridine rings is 1. The number of aryl methyl sites for hydroxylation is 1. The predicted octanol–water partition coefficient (Wildman–Crippen LogP) is 3.47. The molecule has 2 heterocycles. The van der Waals surface area contributed by atoms with Crippen LogP contribution in [0.25, 0.3) is 10.9 Å². The minimum atomic E-state index is -0.853. The highest BCUT2D eigenvalue weighted by atomic mass is 35.5. The van der Waals surface area contributed by atoms with Gasteiger partial charge in [-0.1, -0.05) is 29.8 Å². The van der Waals surface area contributed by atoms with E-state index in [9.17, 15) is 10.1 Å². The van der Waals surface area contributed by atoms with Crippen molar-refractivity contribution in [2.24, 2.45) is 5.73 Å². The number of carbonyl (C=O) groups excluding carboxylic acids is 1. The molecule has 1 aromatic heterocycles. The first-order chi connectivity index (χ1) is 13.9. The molecule has 1 aliphatic heterocycles. The number of benzene rings is 1. The Kier molecular flexibility index (Phi) is 6.06. The highest BCUT2D eigenvalue weighted by molar-refractivity contribution is 6.31. The van der Waals surface area contributed by atoms with Gasteiger partial charge in [0.25, 0.3) is 0 Å². The Morgan fingerprint density at radius 1 is 1.38 bits per heavy atom. The number of nitrogens with two attached hydrogens (primary N) is 1. The zero-order valence-corrected chi connectivity index (χ0v) is 17.0. The van der Waals surface area contributed by atoms with Gasteiger partial charge in [0.2, 0.25) is 5.88 Å². The van der Waals surface area contributed by atoms with Crippen molar-refractivity contribution in [3.63, 3.8) is 0 Å². The molecule has 7 nitrogen and oxygen atoms in total. The van der Waals surface area contributed by atoms with E-state index in [2.05, 4.69) is 4.98 Å². The quantitative estimate of drug-likeness (QED) is 0.454. The van der Waals surface area contributed by atoms with Crippen molar-refractivity contribution in [3.05, 3.63) is 63.3 Å². The number of para-hydroxylation sites is 1. The molecule has 0 fully saturated rings. The summed E-state index contributed by atoms with van der Waals surface area (Å²) in [6.07, 6.45) is 0. The average molecular weight is 414 g/mol. The van der Waals surface area contributed by atoms with Gasteiger partial charge in [-0.2, -0.15) is 5.26 Å². The van der Waals surface area contributed by atoms with Crippen molar-refractivity contribution in [2.45, 2.75) is 19.8 Å². The number of carbonyl (C=O) groups is 1. The van der Waals surface area contributed by atoms with Gasteiger partial charge in [-0.15, -0.1) is 0 Å². The summed E-state index contributed by atoms with van der Waals surface area (Å²) in [5, 5.41) is 10.7. The Labute approximate surface area is 173 Å². The van der Waals surface area contributed by atoms with E-state index < -0.39 is 11.9 Å². The molecule has 1 atom stereocenters. The molecule has 0 amide bonds. The Bertz CT molecular complexity index is 1090. The third-order valence-electron chi connectivity index (χ3n) is 4.69. The molecule has 2 N–H and O–H groups in total. The van der Waals surface area contributed by atoms with Crippen molar-refractivity contribution in [2.75, 3.05) is 20.3 Å². The van der Waals surface area contributed by atoms with E-state index in [-0.39, 0.29) is 41.2 Å². The fourth-order valence-electron chi connectivity index (χ4n) is 3.30. The Morgan fingerprint density at radius 3 is 2.83 bits per heavy atom. The second-order valence-electron chi connectivity index (χ2n) is 6.54. The Hall–Kier alpha value is -3.08. The van der Waals surface area contributed by atoms with E-state index >= 15 is 0 Å². The molecule has 150 valence electrons. The van der Waals surface area contributed by atoms with Crippen LogP contribution in [0.15, 0.2) is 47.1 Å². The SMILES string of the molecule is COCCOC(=O)C1=C(C)OC(N)=C(C#N)[C@H]1c1cc2cccc(C)c2nc1Cl. The largest absolute Gasteiger partial charge is 0.460 e. The number of esters is 1. The highest BCUT2D eigenvalue weighted by Crippen LogP contribution is 2.42. The molecular weight excluding hydrogens is 394 g/mol. The second-order valence-corrected chi connectivity index (χ2v) is 6.90. The molecule has 2 aromatic rings. The van der Waals surface area contributed by atoms with Crippen LogP contribution in [0.4, 0.5) is 0 Å². The van der Waals surface area contributed by atoms with Crippen LogP contribution in [-0.4, -0.2) is 31.3 Å². The fourth-order valence-corrected chi connectivity index (χ4v) is 3.54. The molecule has 0 saturated carbocycles. The summed E-state index contributed by atoms with van der Waals surface area (Å²) in [7, 11) is 1.50. The molecule has 0 aliphatic carbocycles. The van der Waals surface area contributed by atoms with E-state index in [4.69, 9.17) is 31.5 Å². The molecule has 0 radical (unpaired) electrons. The van der Waals surface area contributed by atoms with Crippen molar-refractivity contribution < 1.29 is 19.0 Å². The monoisotopic (exact) mass is 413 g/mol. The molecule has 29 heavy (non-hydrogen) atoms. The standard InChI is InChI=1S/C21H20ClN3O4/c1-11-5-4-6-13-9-14(19(22)25-18(11)13)17-15(10-23)20(24)29-12(2)16(17)21(26)28-8-7-27-3/h4-6,9,17H,7-8,24H2,1-3H3/t17-/m1/s1. The van der Waals surface area contributed by atoms with Crippen molar-refractivity contribution in [1.29, 1.82) is 5.26 Å². The molecular formula is C21H20ClN3O4. The number of nitriles is 1. The molecule has 0 saturated heterocycles. The third-order valence-corrected chi connectivity index (χ3v) is 4.99. The van der Waals surface area contributed by atoms with Crippen LogP contribution in [0.5, 0.6) is 0 Å². The van der Waals surface area contributed by atoms with Crippen molar-refractivity contribution >= 4 is 28.5 Å². The molecule has 0 unspecified atom stereocenters. The summed E-state index contributed by atoms with van der Waals surface area (Å²) in [4.78, 5) is 17.3. The number of ether oxygens (including phenoxy) is 3. The number of hydrogen-bond acceptors (Lipinski definition) is 7. The molecule has 3 rings (SSSR count). The molecule has 0 spiro atoms. The van der Waals surface area contributed by atoms with Gasteiger partial charge in [-0.25, -0.2) is 9.78 Å². The first-order valence-electron chi connectivity index (χ1n) is 8.89. The summed E-state index contributed by atoms with van der Waals surface area (Å²) in [6.45, 7) is 3.82. The number of aromatic nitrogens is 1. The Balaban J connectivity index is 2.17. The molecule has 1 aromatic carbocycles. The lowest BCUT2D eigenvalue weighted by molar-refractivity contribution is -0.140. The lowest BCUT2D eigenvalue weighted by atomic mass is 9.83. The topological polar surface area (TPSA) is 107 Å². The number of methoxy groups -OCH3 is 1. The van der Waals surface area contributed by atoms with E-state index in [1.165, 1.54) is 7.11 Å². The summed E-state index contributed by atoms with van der Waals surface area (Å²) in [5.74, 6) is -1.32. The number of rotatable bonds is 5. The van der Waals surface area contributed by atoms with Gasteiger partial charge in [0.05, 0.1) is 23.6 Å². The third kappa shape index (κ3) is 3.90. The predicted molar refractivity (Wildman–Crippen MR) is 108 cm³/mol. The molecule has 8 heteroatoms. The summed E-state index contributed by atoms with van der Waals surface area (Å²) in [6, 6.07) is 9.57. The van der Waals surface area contributed by atoms with Crippen LogP contribution in [0.2, 0.25) is 5.15 Å². The van der Waals surface area contributed by atoms with Crippen molar-refractivity contribution in [1.82, 2.24) is 4.98 Å². The van der Waals surface area contributed by atoms with Gasteiger partial charge in [-0.05, 0) is 25.5 Å². The number of allylic oxidation sites excluding steroid dienone is 2. The summed E-state index contributed by atoms with van der Waals surface area (Å²) >= 11 is 6.50. The van der Waals surface area contributed by atoms with Gasteiger partial charge in [0.1, 0.15) is 29.2 Å². The maximum Gasteiger partial charge on any atom is 0.338 e. The van der Waals surface area contributed by atoms with E-state index in [1.54, 1.807) is 6.92 Å². The van der Waals surface area contributed by atoms with Gasteiger partial charge in [-0.3, -0.25) is 0 Å². The summed E-state index contributed by atoms with van der Waals surface area (Å²) < 4.78 is 15.6. The lowest BCUT2D eigenvalue weighted by Gasteiger charge is -2.27. The zero-order chi connectivity index (χ0) is 21.1. The minimum Gasteiger partial charge on any atom is -0.460 e. The average Bonchev–Trinajstić information content (AvgIpc) is 2.68. The maximum absolute atomic E-state index is 12.8. The number of nitrogens with zero attached hydrogens (tertiary/aromatic N) is 2. The number of halogens is 1. The minimum absolute atomic E-state index is 0.0583. The van der Waals surface area contributed by atoms with Gasteiger partial charge in [0.15, 0.2) is 0 Å². The molecule has 0 bridgehead atoms. The van der Waals surface area contributed by atoms with Crippen molar-refractivity contribution in [3.8, 4) is 6.07 Å². The normalized spacial score (nSPS) is 16.6. The molecule has 1 aliphatic rings. The van der Waals surface area contributed by atoms with Gasteiger partial charge >= 0.3 is 5.97 Å². The smallest absolute Gasteiger partial charge is 0.338 e. The zero-order valence-electron chi connectivity index (χ0n) is 16.3. The first kappa shape index (κ1) is 20.6. The summed E-state index contributed by atoms with van der Waals surface area (Å²) in [5.41, 5.74) is 8.36. The van der Waals surface area contributed by atoms with E-state index in [1.807, 2.05) is 37.3 Å². The van der Waals surface area contributed by atoms with Crippen LogP contribution in [0, 0.1) is 18.3 Å². The highest BCUT2D eigenvalue weighted by Gasteiger charge is 2.38.